The van der Waals surface area contributed by atoms with Crippen LogP contribution in [0.25, 0.3) is 0 Å². The molecule has 6 rings (SSSR count). The SMILES string of the molecule is CCc1[nH]c(Cc2ccccc2)nc1C1CCN(C[C@H]2CN([C@H](CC3CCC3)C(=O)O)C[C@@H]2c2ccccc2)CC1. The zero-order chi connectivity index (χ0) is 28.2. The molecule has 1 aliphatic carbocycles. The second kappa shape index (κ2) is 12.9. The number of aromatic nitrogens is 2. The van der Waals surface area contributed by atoms with Crippen molar-refractivity contribution in [3.05, 3.63) is 89.0 Å². The van der Waals surface area contributed by atoms with E-state index in [1.54, 1.807) is 0 Å². The van der Waals surface area contributed by atoms with Crippen LogP contribution in [0.1, 0.15) is 85.6 Å². The lowest BCUT2D eigenvalue weighted by molar-refractivity contribution is -0.144. The Labute approximate surface area is 245 Å². The monoisotopic (exact) mass is 554 g/mol. The van der Waals surface area contributed by atoms with E-state index in [2.05, 4.69) is 82.4 Å². The van der Waals surface area contributed by atoms with Crippen LogP contribution in [0.2, 0.25) is 0 Å². The number of imidazole rings is 1. The smallest absolute Gasteiger partial charge is 0.320 e. The molecule has 6 heteroatoms. The van der Waals surface area contributed by atoms with Gasteiger partial charge in [-0.1, -0.05) is 86.8 Å². The molecule has 1 aromatic heterocycles. The number of nitrogens with zero attached hydrogens (tertiary/aromatic N) is 3. The molecule has 2 aromatic carbocycles. The summed E-state index contributed by atoms with van der Waals surface area (Å²) in [7, 11) is 0. The van der Waals surface area contributed by atoms with E-state index in [1.807, 2.05) is 0 Å². The summed E-state index contributed by atoms with van der Waals surface area (Å²) in [6.07, 6.45) is 8.56. The van der Waals surface area contributed by atoms with Gasteiger partial charge >= 0.3 is 5.97 Å². The number of aryl methyl sites for hydroxylation is 1. The summed E-state index contributed by atoms with van der Waals surface area (Å²) in [6.45, 7) is 7.16. The standard InChI is InChI=1S/C35H46N4O2/c1-2-31-34(37-33(36-31)21-26-10-5-3-6-11-26)28-16-18-38(19-17-28)22-29-23-39(24-30(29)27-14-7-4-8-15-27)32(35(40)41)20-25-12-9-13-25/h3-8,10-11,14-15,25,28-30,32H,2,9,12-13,16-24H2,1H3,(H,36,37)(H,40,41)/t29-,30+,32+/m0/s1. The number of aromatic amines is 1. The maximum Gasteiger partial charge on any atom is 0.320 e. The van der Waals surface area contributed by atoms with Crippen LogP contribution in [0.15, 0.2) is 60.7 Å². The molecule has 3 heterocycles. The van der Waals surface area contributed by atoms with E-state index in [1.165, 1.54) is 41.8 Å². The minimum absolute atomic E-state index is 0.348. The third-order valence-corrected chi connectivity index (χ3v) is 10.1. The number of rotatable bonds is 11. The van der Waals surface area contributed by atoms with E-state index >= 15 is 0 Å². The molecule has 3 aliphatic rings. The van der Waals surface area contributed by atoms with Crippen molar-refractivity contribution in [3.63, 3.8) is 0 Å². The first-order valence-corrected chi connectivity index (χ1v) is 15.9. The average molecular weight is 555 g/mol. The minimum Gasteiger partial charge on any atom is -0.480 e. The molecule has 0 radical (unpaired) electrons. The molecule has 2 N–H and O–H groups in total. The number of aliphatic carboxylic acids is 1. The summed E-state index contributed by atoms with van der Waals surface area (Å²) in [5.74, 6) is 2.38. The molecule has 1 saturated carbocycles. The Hall–Kier alpha value is -2.96. The summed E-state index contributed by atoms with van der Waals surface area (Å²) in [6, 6.07) is 21.1. The summed E-state index contributed by atoms with van der Waals surface area (Å²) in [4.78, 5) is 26.1. The van der Waals surface area contributed by atoms with E-state index in [0.717, 1.165) is 70.7 Å². The number of hydrogen-bond acceptors (Lipinski definition) is 4. The highest BCUT2D eigenvalue weighted by Crippen LogP contribution is 2.39. The van der Waals surface area contributed by atoms with Crippen LogP contribution in [0.5, 0.6) is 0 Å². The van der Waals surface area contributed by atoms with Crippen molar-refractivity contribution >= 4 is 5.97 Å². The van der Waals surface area contributed by atoms with Gasteiger partial charge in [0, 0.05) is 43.6 Å². The zero-order valence-corrected chi connectivity index (χ0v) is 24.5. The molecule has 0 amide bonds. The maximum atomic E-state index is 12.4. The Balaban J connectivity index is 1.10. The quantitative estimate of drug-likeness (QED) is 0.300. The largest absolute Gasteiger partial charge is 0.480 e. The fourth-order valence-corrected chi connectivity index (χ4v) is 7.55. The van der Waals surface area contributed by atoms with Crippen molar-refractivity contribution in [2.24, 2.45) is 11.8 Å². The molecule has 2 aliphatic heterocycles. The summed E-state index contributed by atoms with van der Waals surface area (Å²) in [5.41, 5.74) is 5.24. The Morgan fingerprint density at radius 2 is 1.71 bits per heavy atom. The second-order valence-corrected chi connectivity index (χ2v) is 12.8. The fraction of sp³-hybridized carbons (Fsp3) is 0.543. The summed E-state index contributed by atoms with van der Waals surface area (Å²) < 4.78 is 0. The topological polar surface area (TPSA) is 72.5 Å². The van der Waals surface area contributed by atoms with Crippen molar-refractivity contribution in [1.29, 1.82) is 0 Å². The predicted molar refractivity (Wildman–Crippen MR) is 163 cm³/mol. The third-order valence-electron chi connectivity index (χ3n) is 10.1. The number of benzene rings is 2. The highest BCUT2D eigenvalue weighted by atomic mass is 16.4. The number of carboxylic acid groups (broad SMARTS) is 1. The second-order valence-electron chi connectivity index (χ2n) is 12.8. The Morgan fingerprint density at radius 1 is 1.00 bits per heavy atom. The van der Waals surface area contributed by atoms with Crippen molar-refractivity contribution in [3.8, 4) is 0 Å². The average Bonchev–Trinajstić information content (AvgIpc) is 3.57. The number of likely N-dealkylation sites (tertiary alicyclic amines) is 2. The van der Waals surface area contributed by atoms with Gasteiger partial charge in [-0.2, -0.15) is 0 Å². The highest BCUT2D eigenvalue weighted by Gasteiger charge is 2.41. The molecule has 218 valence electrons. The molecule has 0 spiro atoms. The van der Waals surface area contributed by atoms with E-state index in [0.29, 0.717) is 23.7 Å². The first kappa shape index (κ1) is 28.2. The Morgan fingerprint density at radius 3 is 2.34 bits per heavy atom. The van der Waals surface area contributed by atoms with Gasteiger partial charge in [0.1, 0.15) is 11.9 Å². The molecule has 2 saturated heterocycles. The summed E-state index contributed by atoms with van der Waals surface area (Å²) >= 11 is 0. The Bertz CT molecular complexity index is 1260. The first-order chi connectivity index (χ1) is 20.1. The first-order valence-electron chi connectivity index (χ1n) is 15.9. The van der Waals surface area contributed by atoms with Crippen molar-refractivity contribution in [2.45, 2.75) is 76.2 Å². The third kappa shape index (κ3) is 6.60. The number of hydrogen-bond donors (Lipinski definition) is 2. The highest BCUT2D eigenvalue weighted by molar-refractivity contribution is 5.73. The van der Waals surface area contributed by atoms with Crippen LogP contribution in [0.4, 0.5) is 0 Å². The van der Waals surface area contributed by atoms with E-state index in [-0.39, 0.29) is 6.04 Å². The van der Waals surface area contributed by atoms with Crippen LogP contribution in [0, 0.1) is 11.8 Å². The zero-order valence-electron chi connectivity index (χ0n) is 24.5. The van der Waals surface area contributed by atoms with Crippen LogP contribution < -0.4 is 0 Å². The van der Waals surface area contributed by atoms with E-state index in [4.69, 9.17) is 4.98 Å². The molecule has 0 bridgehead atoms. The van der Waals surface area contributed by atoms with Gasteiger partial charge in [-0.15, -0.1) is 0 Å². The predicted octanol–water partition coefficient (Wildman–Crippen LogP) is 6.10. The molecule has 0 unspecified atom stereocenters. The van der Waals surface area contributed by atoms with Crippen LogP contribution in [-0.4, -0.2) is 69.6 Å². The number of carbonyl (C=O) groups is 1. The number of nitrogens with one attached hydrogen (secondary N) is 1. The Kier molecular flexibility index (Phi) is 8.87. The van der Waals surface area contributed by atoms with E-state index in [9.17, 15) is 9.90 Å². The van der Waals surface area contributed by atoms with Crippen molar-refractivity contribution in [1.82, 2.24) is 19.8 Å². The lowest BCUT2D eigenvalue weighted by atomic mass is 9.80. The van der Waals surface area contributed by atoms with Gasteiger partial charge in [0.25, 0.3) is 0 Å². The van der Waals surface area contributed by atoms with Gasteiger partial charge in [0.2, 0.25) is 0 Å². The van der Waals surface area contributed by atoms with Gasteiger partial charge in [-0.3, -0.25) is 9.69 Å². The van der Waals surface area contributed by atoms with Crippen LogP contribution in [0.3, 0.4) is 0 Å². The van der Waals surface area contributed by atoms with Crippen LogP contribution >= 0.6 is 0 Å². The summed E-state index contributed by atoms with van der Waals surface area (Å²) in [5, 5.41) is 10.2. The molecular weight excluding hydrogens is 508 g/mol. The van der Waals surface area contributed by atoms with Crippen molar-refractivity contribution < 1.29 is 9.90 Å². The lowest BCUT2D eigenvalue weighted by Crippen LogP contribution is -2.43. The van der Waals surface area contributed by atoms with Gasteiger partial charge in [-0.25, -0.2) is 4.98 Å². The maximum absolute atomic E-state index is 12.4. The van der Waals surface area contributed by atoms with Gasteiger partial charge in [-0.05, 0) is 61.7 Å². The molecule has 3 fully saturated rings. The molecule has 3 aromatic rings. The van der Waals surface area contributed by atoms with Crippen LogP contribution in [-0.2, 0) is 17.6 Å². The molecule has 6 nitrogen and oxygen atoms in total. The van der Waals surface area contributed by atoms with Gasteiger partial charge in [0.05, 0.1) is 5.69 Å². The fourth-order valence-electron chi connectivity index (χ4n) is 7.55. The molecule has 41 heavy (non-hydrogen) atoms. The normalized spacial score (nSPS) is 23.4. The lowest BCUT2D eigenvalue weighted by Gasteiger charge is -2.35. The molecule has 3 atom stereocenters. The van der Waals surface area contributed by atoms with Gasteiger partial charge in [0.15, 0.2) is 0 Å². The van der Waals surface area contributed by atoms with E-state index < -0.39 is 5.97 Å². The number of piperidine rings is 1. The number of carboxylic acids is 1. The number of H-pyrrole nitrogens is 1. The minimum atomic E-state index is -0.637. The van der Waals surface area contributed by atoms with Crippen molar-refractivity contribution in [2.75, 3.05) is 32.7 Å². The van der Waals surface area contributed by atoms with Gasteiger partial charge < -0.3 is 15.0 Å². The molecular formula is C35H46N4O2.